The summed E-state index contributed by atoms with van der Waals surface area (Å²) in [6, 6.07) is 0. The lowest BCUT2D eigenvalue weighted by atomic mass is 9.78. The molecule has 0 spiro atoms. The molecule has 0 saturated heterocycles. The van der Waals surface area contributed by atoms with Gasteiger partial charge in [0.15, 0.2) is 0 Å². The van der Waals surface area contributed by atoms with Gasteiger partial charge in [-0.1, -0.05) is 15.9 Å². The summed E-state index contributed by atoms with van der Waals surface area (Å²) in [6.07, 6.45) is 0.599. The SMILES string of the molecule is Cc1c(C)c2c(c(C)c1Br)CC2O. The van der Waals surface area contributed by atoms with Crippen LogP contribution in [-0.4, -0.2) is 5.11 Å². The van der Waals surface area contributed by atoms with Crippen LogP contribution in [0, 0.1) is 20.8 Å². The molecule has 1 nitrogen and oxygen atoms in total. The second-order valence-corrected chi connectivity index (χ2v) is 4.59. The molecule has 0 amide bonds. The van der Waals surface area contributed by atoms with Gasteiger partial charge in [-0.15, -0.1) is 0 Å². The van der Waals surface area contributed by atoms with Crippen LogP contribution in [0.4, 0.5) is 0 Å². The van der Waals surface area contributed by atoms with Crippen molar-refractivity contribution in [2.75, 3.05) is 0 Å². The van der Waals surface area contributed by atoms with Gasteiger partial charge in [0.1, 0.15) is 0 Å². The summed E-state index contributed by atoms with van der Waals surface area (Å²) in [5.74, 6) is 0. The normalized spacial score (nSPS) is 19.6. The molecule has 0 aromatic heterocycles. The monoisotopic (exact) mass is 240 g/mol. The first kappa shape index (κ1) is 9.22. The molecule has 2 heteroatoms. The summed E-state index contributed by atoms with van der Waals surface area (Å²) in [5, 5.41) is 9.61. The average molecular weight is 241 g/mol. The average Bonchev–Trinajstić information content (AvgIpc) is 2.08. The Morgan fingerprint density at radius 2 is 1.77 bits per heavy atom. The summed E-state index contributed by atoms with van der Waals surface area (Å²) in [5.41, 5.74) is 6.30. The molecule has 70 valence electrons. The first-order valence-corrected chi connectivity index (χ1v) is 5.29. The smallest absolute Gasteiger partial charge is 0.0836 e. The summed E-state index contributed by atoms with van der Waals surface area (Å²) in [4.78, 5) is 0. The van der Waals surface area contributed by atoms with E-state index in [0.29, 0.717) is 0 Å². The fourth-order valence-corrected chi connectivity index (χ4v) is 2.62. The molecule has 1 aromatic carbocycles. The number of aliphatic hydroxyl groups excluding tert-OH is 1. The van der Waals surface area contributed by atoms with Crippen molar-refractivity contribution in [2.24, 2.45) is 0 Å². The van der Waals surface area contributed by atoms with Gasteiger partial charge in [0, 0.05) is 10.9 Å². The second-order valence-electron chi connectivity index (χ2n) is 3.80. The molecule has 1 aliphatic carbocycles. The van der Waals surface area contributed by atoms with E-state index in [9.17, 15) is 5.11 Å². The Bertz CT molecular complexity index is 359. The number of hydrogen-bond acceptors (Lipinski definition) is 1. The van der Waals surface area contributed by atoms with Crippen LogP contribution in [0.15, 0.2) is 4.47 Å². The Hall–Kier alpha value is -0.340. The lowest BCUT2D eigenvalue weighted by Gasteiger charge is -2.31. The first-order chi connectivity index (χ1) is 6.04. The second kappa shape index (κ2) is 2.82. The minimum Gasteiger partial charge on any atom is -0.388 e. The Balaban J connectivity index is 2.75. The van der Waals surface area contributed by atoms with Crippen LogP contribution >= 0.6 is 15.9 Å². The summed E-state index contributed by atoms with van der Waals surface area (Å²) < 4.78 is 1.20. The molecule has 0 fully saturated rings. The van der Waals surface area contributed by atoms with E-state index in [2.05, 4.69) is 36.7 Å². The third-order valence-corrected chi connectivity index (χ3v) is 4.32. The number of hydrogen-bond donors (Lipinski definition) is 1. The minimum absolute atomic E-state index is 0.222. The van der Waals surface area contributed by atoms with Gasteiger partial charge >= 0.3 is 0 Å². The maximum absolute atomic E-state index is 9.61. The fourth-order valence-electron chi connectivity index (χ4n) is 2.09. The van der Waals surface area contributed by atoms with Crippen LogP contribution in [-0.2, 0) is 6.42 Å². The number of halogens is 1. The molecule has 1 unspecified atom stereocenters. The van der Waals surface area contributed by atoms with E-state index < -0.39 is 0 Å². The van der Waals surface area contributed by atoms with Gasteiger partial charge in [0.2, 0.25) is 0 Å². The molecule has 0 saturated carbocycles. The van der Waals surface area contributed by atoms with Crippen molar-refractivity contribution in [3.63, 3.8) is 0 Å². The minimum atomic E-state index is -0.222. The summed E-state index contributed by atoms with van der Waals surface area (Å²) in [7, 11) is 0. The van der Waals surface area contributed by atoms with Crippen LogP contribution in [0.3, 0.4) is 0 Å². The maximum Gasteiger partial charge on any atom is 0.0836 e. The van der Waals surface area contributed by atoms with E-state index in [0.717, 1.165) is 6.42 Å². The van der Waals surface area contributed by atoms with Crippen LogP contribution < -0.4 is 0 Å². The zero-order valence-corrected chi connectivity index (χ0v) is 9.70. The number of rotatable bonds is 0. The first-order valence-electron chi connectivity index (χ1n) is 4.50. The van der Waals surface area contributed by atoms with Crippen molar-refractivity contribution < 1.29 is 5.11 Å². The lowest BCUT2D eigenvalue weighted by molar-refractivity contribution is 0.152. The van der Waals surface area contributed by atoms with E-state index in [1.807, 2.05) is 0 Å². The molecule has 0 aliphatic heterocycles. The molecule has 1 N–H and O–H groups in total. The third kappa shape index (κ3) is 1.09. The Kier molecular flexibility index (Phi) is 2.00. The highest BCUT2D eigenvalue weighted by molar-refractivity contribution is 9.10. The Labute approximate surface area is 86.9 Å². The fraction of sp³-hybridized carbons (Fsp3) is 0.455. The van der Waals surface area contributed by atoms with E-state index in [1.54, 1.807) is 0 Å². The topological polar surface area (TPSA) is 20.2 Å². The summed E-state index contributed by atoms with van der Waals surface area (Å²) in [6.45, 7) is 6.29. The van der Waals surface area contributed by atoms with E-state index >= 15 is 0 Å². The highest BCUT2D eigenvalue weighted by atomic mass is 79.9. The largest absolute Gasteiger partial charge is 0.388 e. The predicted octanol–water partition coefficient (Wildman–Crippen LogP) is 2.96. The van der Waals surface area contributed by atoms with Gasteiger partial charge in [-0.05, 0) is 48.6 Å². The zero-order chi connectivity index (χ0) is 9.75. The molecule has 13 heavy (non-hydrogen) atoms. The van der Waals surface area contributed by atoms with Gasteiger partial charge in [0.25, 0.3) is 0 Å². The maximum atomic E-state index is 9.61. The number of aliphatic hydroxyl groups is 1. The van der Waals surface area contributed by atoms with Gasteiger partial charge in [-0.3, -0.25) is 0 Å². The van der Waals surface area contributed by atoms with Crippen LogP contribution in [0.1, 0.15) is 33.9 Å². The predicted molar refractivity (Wildman–Crippen MR) is 57.0 cm³/mol. The highest BCUT2D eigenvalue weighted by Crippen LogP contribution is 2.42. The molecule has 1 aromatic rings. The van der Waals surface area contributed by atoms with Gasteiger partial charge < -0.3 is 5.11 Å². The van der Waals surface area contributed by atoms with Crippen molar-refractivity contribution in [1.29, 1.82) is 0 Å². The van der Waals surface area contributed by atoms with Gasteiger partial charge in [-0.2, -0.15) is 0 Å². The van der Waals surface area contributed by atoms with Gasteiger partial charge in [0.05, 0.1) is 6.10 Å². The molecular formula is C11H13BrO. The van der Waals surface area contributed by atoms with Crippen LogP contribution in [0.5, 0.6) is 0 Å². The quantitative estimate of drug-likeness (QED) is 0.740. The zero-order valence-electron chi connectivity index (χ0n) is 8.11. The van der Waals surface area contributed by atoms with E-state index in [4.69, 9.17) is 0 Å². The van der Waals surface area contributed by atoms with E-state index in [1.165, 1.54) is 32.3 Å². The standard InChI is InChI=1S/C11H13BrO/c1-5-6(2)11(12)7(3)8-4-9(13)10(5)8/h9,13H,4H2,1-3H3. The molecular weight excluding hydrogens is 228 g/mol. The van der Waals surface area contributed by atoms with Gasteiger partial charge in [-0.25, -0.2) is 0 Å². The molecule has 0 bridgehead atoms. The van der Waals surface area contributed by atoms with Crippen molar-refractivity contribution in [3.8, 4) is 0 Å². The van der Waals surface area contributed by atoms with Crippen molar-refractivity contribution in [1.82, 2.24) is 0 Å². The molecule has 0 heterocycles. The van der Waals surface area contributed by atoms with Crippen molar-refractivity contribution in [3.05, 3.63) is 32.3 Å². The molecule has 2 rings (SSSR count). The number of fused-ring (bicyclic) bond motifs is 1. The van der Waals surface area contributed by atoms with Crippen molar-refractivity contribution in [2.45, 2.75) is 33.3 Å². The molecule has 1 atom stereocenters. The van der Waals surface area contributed by atoms with Crippen LogP contribution in [0.2, 0.25) is 0 Å². The molecule has 0 radical (unpaired) electrons. The van der Waals surface area contributed by atoms with E-state index in [-0.39, 0.29) is 6.10 Å². The Morgan fingerprint density at radius 1 is 1.15 bits per heavy atom. The third-order valence-electron chi connectivity index (χ3n) is 3.13. The summed E-state index contributed by atoms with van der Waals surface area (Å²) >= 11 is 3.59. The van der Waals surface area contributed by atoms with Crippen molar-refractivity contribution >= 4 is 15.9 Å². The van der Waals surface area contributed by atoms with Crippen LogP contribution in [0.25, 0.3) is 0 Å². The highest BCUT2D eigenvalue weighted by Gasteiger charge is 2.29. The molecule has 1 aliphatic rings. The number of benzene rings is 1. The Morgan fingerprint density at radius 3 is 2.31 bits per heavy atom. The lowest BCUT2D eigenvalue weighted by Crippen LogP contribution is -2.21.